The Labute approximate surface area is 196 Å². The van der Waals surface area contributed by atoms with Crippen molar-refractivity contribution >= 4 is 21.7 Å². The van der Waals surface area contributed by atoms with E-state index in [-0.39, 0.29) is 47.5 Å². The summed E-state index contributed by atoms with van der Waals surface area (Å²) in [6.45, 7) is 4.30. The van der Waals surface area contributed by atoms with Gasteiger partial charge in [0.2, 0.25) is 5.91 Å². The molecule has 2 N–H and O–H groups in total. The van der Waals surface area contributed by atoms with Crippen molar-refractivity contribution in [2.24, 2.45) is 17.6 Å². The zero-order valence-corrected chi connectivity index (χ0v) is 20.5. The van der Waals surface area contributed by atoms with E-state index >= 15 is 0 Å². The Morgan fingerprint density at radius 1 is 1.09 bits per heavy atom. The van der Waals surface area contributed by atoms with Crippen LogP contribution in [-0.2, 0) is 14.6 Å². The van der Waals surface area contributed by atoms with Crippen molar-refractivity contribution in [2.45, 2.75) is 82.2 Å². The molecule has 2 amide bonds. The number of carbonyl (C=O) groups excluding carboxylic acids is 2. The van der Waals surface area contributed by atoms with Gasteiger partial charge in [-0.15, -0.1) is 0 Å². The fourth-order valence-corrected chi connectivity index (χ4v) is 8.31. The van der Waals surface area contributed by atoms with Crippen LogP contribution in [0.15, 0.2) is 22.8 Å². The Hall–Kier alpha value is -1.87. The normalized spacial score (nSPS) is 32.9. The second-order valence-corrected chi connectivity index (χ2v) is 12.5. The molecule has 3 unspecified atom stereocenters. The molecule has 0 bridgehead atoms. The minimum atomic E-state index is -3.11. The fraction of sp³-hybridized carbons (Fsp3) is 0.750. The van der Waals surface area contributed by atoms with E-state index in [1.165, 1.54) is 6.26 Å². The van der Waals surface area contributed by atoms with Crippen LogP contribution in [0.2, 0.25) is 0 Å². The summed E-state index contributed by atoms with van der Waals surface area (Å²) in [6, 6.07) is 3.36. The number of hydrogen-bond acceptors (Lipinski definition) is 6. The first-order valence-electron chi connectivity index (χ1n) is 12.3. The molecule has 33 heavy (non-hydrogen) atoms. The molecule has 0 spiro atoms. The van der Waals surface area contributed by atoms with Crippen LogP contribution in [0, 0.1) is 11.8 Å². The monoisotopic (exact) mass is 479 g/mol. The van der Waals surface area contributed by atoms with E-state index in [2.05, 4.69) is 0 Å². The van der Waals surface area contributed by atoms with E-state index in [1.54, 1.807) is 19.1 Å². The molecule has 3 aliphatic rings. The number of hydrogen-bond donors (Lipinski definition) is 1. The molecule has 184 valence electrons. The number of furan rings is 1. The minimum absolute atomic E-state index is 0.0164. The Morgan fingerprint density at radius 2 is 1.79 bits per heavy atom. The smallest absolute Gasteiger partial charge is 0.289 e. The molecule has 1 saturated heterocycles. The fourth-order valence-electron chi connectivity index (χ4n) is 6.65. The first-order chi connectivity index (χ1) is 15.7. The molecule has 1 aliphatic heterocycles. The van der Waals surface area contributed by atoms with Crippen LogP contribution in [0.5, 0.6) is 0 Å². The van der Waals surface area contributed by atoms with Crippen LogP contribution in [-0.4, -0.2) is 72.2 Å². The molecule has 1 aromatic heterocycles. The molecular weight excluding hydrogens is 442 g/mol. The molecular formula is C24H37N3O5S. The van der Waals surface area contributed by atoms with Crippen molar-refractivity contribution in [3.8, 4) is 0 Å². The molecule has 3 fully saturated rings. The predicted molar refractivity (Wildman–Crippen MR) is 125 cm³/mol. The van der Waals surface area contributed by atoms with Gasteiger partial charge in [0.25, 0.3) is 5.91 Å². The van der Waals surface area contributed by atoms with Crippen LogP contribution in [0.3, 0.4) is 0 Å². The number of amides is 2. The number of nitrogens with zero attached hydrogens (tertiary/aromatic N) is 2. The average molecular weight is 480 g/mol. The van der Waals surface area contributed by atoms with E-state index < -0.39 is 9.84 Å². The third-order valence-corrected chi connectivity index (χ3v) is 10.5. The molecule has 2 aliphatic carbocycles. The summed E-state index contributed by atoms with van der Waals surface area (Å²) < 4.78 is 30.3. The molecule has 8 nitrogen and oxygen atoms in total. The molecule has 2 heterocycles. The topological polar surface area (TPSA) is 114 Å². The van der Waals surface area contributed by atoms with Crippen LogP contribution in [0.25, 0.3) is 0 Å². The van der Waals surface area contributed by atoms with Gasteiger partial charge in [-0.3, -0.25) is 9.59 Å². The number of piperazine rings is 1. The lowest BCUT2D eigenvalue weighted by Crippen LogP contribution is -2.67. The summed E-state index contributed by atoms with van der Waals surface area (Å²) in [4.78, 5) is 29.7. The summed E-state index contributed by atoms with van der Waals surface area (Å²) in [5.41, 5.74) is 5.50. The Balaban J connectivity index is 1.49. The van der Waals surface area contributed by atoms with E-state index in [4.69, 9.17) is 10.2 Å². The predicted octanol–water partition coefficient (Wildman–Crippen LogP) is 2.44. The number of carbonyl (C=O) groups is 2. The molecule has 0 aromatic carbocycles. The lowest BCUT2D eigenvalue weighted by atomic mass is 9.69. The molecule has 1 aromatic rings. The summed E-state index contributed by atoms with van der Waals surface area (Å²) in [5, 5.41) is -0.269. The second-order valence-electron chi connectivity index (χ2n) is 10.1. The summed E-state index contributed by atoms with van der Waals surface area (Å²) >= 11 is 0. The molecule has 4 atom stereocenters. The van der Waals surface area contributed by atoms with Crippen molar-refractivity contribution in [3.05, 3.63) is 24.2 Å². The molecule has 9 heteroatoms. The van der Waals surface area contributed by atoms with Gasteiger partial charge >= 0.3 is 0 Å². The SMILES string of the molecule is CC(=O)N1C2CCC(C3CCC(S(=O)(=O)CCN)CC3)CC2N(C(=O)c2ccco2)C[C@@H]1C. The zero-order chi connectivity index (χ0) is 23.8. The Bertz CT molecular complexity index is 939. The van der Waals surface area contributed by atoms with Crippen molar-refractivity contribution in [1.29, 1.82) is 0 Å². The van der Waals surface area contributed by atoms with Gasteiger partial charge < -0.3 is 20.0 Å². The van der Waals surface area contributed by atoms with Crippen LogP contribution in [0.4, 0.5) is 0 Å². The highest BCUT2D eigenvalue weighted by molar-refractivity contribution is 7.92. The average Bonchev–Trinajstić information content (AvgIpc) is 3.32. The molecule has 0 radical (unpaired) electrons. The molecule has 2 saturated carbocycles. The van der Waals surface area contributed by atoms with E-state index in [9.17, 15) is 18.0 Å². The third kappa shape index (κ3) is 4.85. The maximum Gasteiger partial charge on any atom is 0.289 e. The van der Waals surface area contributed by atoms with Gasteiger partial charge in [0.15, 0.2) is 15.6 Å². The first-order valence-corrected chi connectivity index (χ1v) is 14.0. The van der Waals surface area contributed by atoms with Gasteiger partial charge in [-0.25, -0.2) is 8.42 Å². The number of rotatable bonds is 5. The lowest BCUT2D eigenvalue weighted by molar-refractivity contribution is -0.142. The van der Waals surface area contributed by atoms with E-state index in [1.807, 2.05) is 16.7 Å². The highest BCUT2D eigenvalue weighted by atomic mass is 32.2. The third-order valence-electron chi connectivity index (χ3n) is 8.17. The Kier molecular flexibility index (Phi) is 7.19. The largest absolute Gasteiger partial charge is 0.459 e. The Morgan fingerprint density at radius 3 is 2.39 bits per heavy atom. The lowest BCUT2D eigenvalue weighted by Gasteiger charge is -2.54. The van der Waals surface area contributed by atoms with Crippen molar-refractivity contribution in [3.63, 3.8) is 0 Å². The van der Waals surface area contributed by atoms with Gasteiger partial charge in [0.1, 0.15) is 0 Å². The maximum atomic E-state index is 13.3. The van der Waals surface area contributed by atoms with Crippen LogP contribution >= 0.6 is 0 Å². The van der Waals surface area contributed by atoms with E-state index in [0.717, 1.165) is 32.1 Å². The van der Waals surface area contributed by atoms with Crippen molar-refractivity contribution in [1.82, 2.24) is 9.80 Å². The second kappa shape index (κ2) is 9.78. The highest BCUT2D eigenvalue weighted by Gasteiger charge is 2.48. The standard InChI is InChI=1S/C24H37N3O5S/c1-16-15-26(24(29)23-4-3-12-32-23)22-14-19(7-10-21(22)27(16)17(2)28)18-5-8-20(9-6-18)33(30,31)13-11-25/h3-4,12,16,18-22H,5-11,13-15,25H2,1-2H3/t16-,18?,19?,20?,21?,22?/m0/s1. The maximum absolute atomic E-state index is 13.3. The zero-order valence-electron chi connectivity index (χ0n) is 19.7. The summed E-state index contributed by atoms with van der Waals surface area (Å²) in [5.74, 6) is 1.25. The molecule has 4 rings (SSSR count). The quantitative estimate of drug-likeness (QED) is 0.694. The van der Waals surface area contributed by atoms with Crippen LogP contribution in [0.1, 0.15) is 69.3 Å². The van der Waals surface area contributed by atoms with Gasteiger partial charge in [-0.1, -0.05) is 0 Å². The summed E-state index contributed by atoms with van der Waals surface area (Å²) in [7, 11) is -3.11. The first kappa shape index (κ1) is 24.3. The number of fused-ring (bicyclic) bond motifs is 1. The van der Waals surface area contributed by atoms with Crippen molar-refractivity contribution < 1.29 is 22.4 Å². The highest BCUT2D eigenvalue weighted by Crippen LogP contribution is 2.43. The van der Waals surface area contributed by atoms with Gasteiger partial charge in [-0.2, -0.15) is 0 Å². The van der Waals surface area contributed by atoms with Gasteiger partial charge in [-0.05, 0) is 75.8 Å². The number of sulfone groups is 1. The van der Waals surface area contributed by atoms with Gasteiger partial charge in [0, 0.05) is 26.1 Å². The van der Waals surface area contributed by atoms with Gasteiger partial charge in [0.05, 0.1) is 29.3 Å². The summed E-state index contributed by atoms with van der Waals surface area (Å²) in [6.07, 6.45) is 7.43. The van der Waals surface area contributed by atoms with Crippen molar-refractivity contribution in [2.75, 3.05) is 18.8 Å². The van der Waals surface area contributed by atoms with E-state index in [0.29, 0.717) is 37.0 Å². The number of nitrogens with two attached hydrogens (primary N) is 1. The minimum Gasteiger partial charge on any atom is -0.459 e. The van der Waals surface area contributed by atoms with Crippen LogP contribution < -0.4 is 5.73 Å².